The van der Waals surface area contributed by atoms with Gasteiger partial charge in [-0.3, -0.25) is 19.2 Å². The first-order chi connectivity index (χ1) is 69.9. The monoisotopic (exact) mass is 2190 g/mol. The summed E-state index contributed by atoms with van der Waals surface area (Å²) in [7, 11) is 9.62. The van der Waals surface area contributed by atoms with Gasteiger partial charge in [0.25, 0.3) is 17.7 Å². The van der Waals surface area contributed by atoms with Crippen LogP contribution in [0, 0.1) is 5.41 Å². The molecule has 0 bridgehead atoms. The van der Waals surface area contributed by atoms with Crippen molar-refractivity contribution < 1.29 is 308 Å². The van der Waals surface area contributed by atoms with Gasteiger partial charge in [0, 0.05) is 104 Å². The first-order valence-corrected chi connectivity index (χ1v) is 48.6. The number of carbonyl (C=O) groups is 4. The molecule has 0 fully saturated rings. The van der Waals surface area contributed by atoms with Gasteiger partial charge in [-0.2, -0.15) is 0 Å². The minimum atomic E-state index is -1.23. The Morgan fingerprint density at radius 2 is 0.517 bits per heavy atom. The summed E-state index contributed by atoms with van der Waals surface area (Å²) in [6, 6.07) is 24.8. The maximum absolute atomic E-state index is 15.2. The van der Waals surface area contributed by atoms with Crippen LogP contribution in [0.4, 0.5) is 0 Å². The summed E-state index contributed by atoms with van der Waals surface area (Å²) in [5, 5.41) is 77.3. The molecule has 0 aliphatic carbocycles. The summed E-state index contributed by atoms with van der Waals surface area (Å²) in [6.07, 6.45) is 3.42. The summed E-state index contributed by atoms with van der Waals surface area (Å²) in [4.78, 5) is 55.4. The summed E-state index contributed by atoms with van der Waals surface area (Å²) < 4.78 is 152. The third-order valence-electron chi connectivity index (χ3n) is 20.6. The van der Waals surface area contributed by atoms with Gasteiger partial charge >= 0.3 is 118 Å². The first kappa shape index (κ1) is 145. The standard InChI is InChI=1S/C99H149N5O36.C3H8.CH4.Mn.4Na/c1-115-29-35-121-41-47-127-53-59-133-86-67-76(68-87(134-60-54-128-48-42-122-36-30-116-2)93(86)137-63-57-131-51-45-125-39-33-119-5)73-139-78-65-75(66-79(71-78)140-74-77-69-88(135-61-55-129-49-43-123-37-31-117-3)94(138-64-58-132-52-46-126-40-34-120-6)89(70-77)136-62-56-130-50-44-124-38-32-118-4)72-100-24-7-8-25-104-98(114)99(21-12-26-101-95(111)80-15-9-18-83(105)90(80)108,22-13-27-102-96(112)81-16-10-19-84(106)91(81)109)23-14-28-103-97(113)82-17-11-20-85(107)92(82)110;1-3-2;;;;;;/h9-11,15-20,65-71,100,105-110H,7-8,12-14,21-64,72-74H2,1-6H3,(H,101,111)(H,102,112)(H,103,113)(H,104,114);3H2,1-2H3;1H4;;;;;/q;;;;4*+1. The van der Waals surface area contributed by atoms with Crippen molar-refractivity contribution in [3.8, 4) is 80.5 Å². The predicted octanol–water partition coefficient (Wildman–Crippen LogP) is -1.90. The van der Waals surface area contributed by atoms with Crippen molar-refractivity contribution in [3.05, 3.63) is 130 Å². The van der Waals surface area contributed by atoms with E-state index < -0.39 is 57.6 Å². The Bertz CT molecular complexity index is 3990. The maximum atomic E-state index is 15.2. The van der Waals surface area contributed by atoms with Crippen LogP contribution in [0.1, 0.15) is 127 Å². The van der Waals surface area contributed by atoms with Gasteiger partial charge in [-0.15, -0.1) is 0 Å². The van der Waals surface area contributed by atoms with Crippen molar-refractivity contribution in [1.82, 2.24) is 26.6 Å². The average Bonchev–Trinajstić information content (AvgIpc) is 0.869. The molecule has 1 radical (unpaired) electrons. The van der Waals surface area contributed by atoms with Crippen LogP contribution in [0.15, 0.2) is 97.1 Å². The number of phenols is 6. The number of aromatic hydroxyl groups is 6. The van der Waals surface area contributed by atoms with Gasteiger partial charge < -0.3 is 180 Å². The fourth-order valence-electron chi connectivity index (χ4n) is 13.4. The Balaban J connectivity index is 0. The fraction of sp³-hybridized carbons (Fsp3) is 0.612. The van der Waals surface area contributed by atoms with Gasteiger partial charge in [-0.25, -0.2) is 0 Å². The molecule has 0 aromatic heterocycles. The summed E-state index contributed by atoms with van der Waals surface area (Å²) in [5.74, 6) is -2.93. The van der Waals surface area contributed by atoms with Crippen LogP contribution in [-0.4, -0.2) is 367 Å². The topological polar surface area (TPSA) is 490 Å². The van der Waals surface area contributed by atoms with Gasteiger partial charge in [0.05, 0.1) is 215 Å². The van der Waals surface area contributed by atoms with Gasteiger partial charge in [0.2, 0.25) is 17.4 Å². The number of nitrogens with one attached hydrogen (secondary N) is 5. The van der Waals surface area contributed by atoms with Crippen LogP contribution in [-0.2, 0) is 127 Å². The van der Waals surface area contributed by atoms with E-state index >= 15 is 4.79 Å². The van der Waals surface area contributed by atoms with Gasteiger partial charge in [0.1, 0.15) is 64.4 Å². The Hall–Kier alpha value is -5.84. The first-order valence-electron chi connectivity index (χ1n) is 48.6. The number of ether oxygens (including phenoxy) is 26. The second kappa shape index (κ2) is 95.6. The Morgan fingerprint density at radius 3 is 0.779 bits per heavy atom. The molecule has 41 nitrogen and oxygen atoms in total. The molecule has 149 heavy (non-hydrogen) atoms. The number of rotatable bonds is 89. The van der Waals surface area contributed by atoms with Crippen molar-refractivity contribution in [3.63, 3.8) is 0 Å². The molecule has 0 aliphatic rings. The van der Waals surface area contributed by atoms with Crippen LogP contribution < -0.4 is 183 Å². The number of methoxy groups -OCH3 is 6. The molecule has 6 aromatic carbocycles. The molecule has 0 atom stereocenters. The second-order valence-corrected chi connectivity index (χ2v) is 31.9. The van der Waals surface area contributed by atoms with E-state index in [0.29, 0.717) is 242 Å². The summed E-state index contributed by atoms with van der Waals surface area (Å²) >= 11 is 0. The van der Waals surface area contributed by atoms with E-state index in [4.69, 9.17) is 123 Å². The molecule has 0 spiro atoms. The minimum absolute atomic E-state index is 0. The second-order valence-electron chi connectivity index (χ2n) is 31.9. The quantitative estimate of drug-likeness (QED) is 0.0113. The van der Waals surface area contributed by atoms with Crippen molar-refractivity contribution in [2.45, 2.75) is 98.8 Å². The van der Waals surface area contributed by atoms with Crippen molar-refractivity contribution in [2.75, 3.05) is 313 Å². The van der Waals surface area contributed by atoms with Crippen molar-refractivity contribution in [2.24, 2.45) is 5.41 Å². The Morgan fingerprint density at radius 1 is 0.282 bits per heavy atom. The van der Waals surface area contributed by atoms with Crippen LogP contribution in [0.25, 0.3) is 0 Å². The molecule has 4 amide bonds. The molecule has 6 rings (SSSR count). The molecule has 0 aliphatic heterocycles. The van der Waals surface area contributed by atoms with E-state index in [-0.39, 0.29) is 323 Å². The number of amides is 4. The molecule has 11 N–H and O–H groups in total. The molecular formula is C103H161MnN5Na4O36+4. The normalized spacial score (nSPS) is 10.8. The number of phenolic OH excluding ortho intramolecular Hbond substituents is 6. The zero-order chi connectivity index (χ0) is 103. The Kier molecular flexibility index (Phi) is 93.1. The van der Waals surface area contributed by atoms with Crippen molar-refractivity contribution >= 4 is 23.6 Å². The fourth-order valence-corrected chi connectivity index (χ4v) is 13.4. The number of para-hydroxylation sites is 3. The number of benzene rings is 6. The molecule has 0 saturated carbocycles. The third-order valence-corrected chi connectivity index (χ3v) is 20.6. The smallest absolute Gasteiger partial charge is 0.504 e. The van der Waals surface area contributed by atoms with Crippen molar-refractivity contribution in [1.29, 1.82) is 0 Å². The minimum Gasteiger partial charge on any atom is -0.504 e. The Labute approximate surface area is 978 Å². The number of hydrogen-bond acceptors (Lipinski definition) is 37. The van der Waals surface area contributed by atoms with E-state index in [1.165, 1.54) is 61.0 Å². The molecule has 821 valence electrons. The van der Waals surface area contributed by atoms with E-state index in [1.54, 1.807) is 73.0 Å². The van der Waals surface area contributed by atoms with Gasteiger partial charge in [0.15, 0.2) is 57.5 Å². The number of carbonyl (C=O) groups excluding carboxylic acids is 4. The van der Waals surface area contributed by atoms with E-state index in [1.807, 2.05) is 12.1 Å². The van der Waals surface area contributed by atoms with Crippen LogP contribution in [0.2, 0.25) is 0 Å². The van der Waals surface area contributed by atoms with E-state index in [0.717, 1.165) is 5.56 Å². The largest absolute Gasteiger partial charge is 1.00 e. The number of hydrogen-bond donors (Lipinski definition) is 11. The molecule has 0 heterocycles. The average molecular weight is 2190 g/mol. The van der Waals surface area contributed by atoms with E-state index in [9.17, 15) is 45.0 Å². The summed E-state index contributed by atoms with van der Waals surface area (Å²) in [5.41, 5.74) is 0.263. The molecular weight excluding hydrogens is 2030 g/mol. The van der Waals surface area contributed by atoms with Gasteiger partial charge in [-0.1, -0.05) is 45.9 Å². The molecule has 46 heteroatoms. The van der Waals surface area contributed by atoms with Crippen LogP contribution >= 0.6 is 0 Å². The zero-order valence-electron chi connectivity index (χ0n) is 89.0. The molecule has 6 aromatic rings. The molecule has 0 saturated heterocycles. The maximum Gasteiger partial charge on any atom is 1.00 e. The SMILES string of the molecule is C.CCC.COCCOCCOCCOc1cc(COc2cc(CNCCCCNC(=O)C(CCCNC(=O)c3cccc(O)c3O)(CCCNC(=O)c3cccc(O)c3O)CCCNC(=O)c3cccc(O)c3O)cc(OCc3cc(OCCOCCOCCOC)c(OCCOCCOCCOC)c(OCCOCCOCCOC)c3)c2)cc(OCCOCCOCCOC)c1OCCOCCOCCOC.[Mn].[Na+].[Na+].[Na+].[Na+]. The number of unbranched alkanes of at least 4 members (excludes halogenated alkanes) is 1. The third kappa shape index (κ3) is 64.5. The van der Waals surface area contributed by atoms with Crippen LogP contribution in [0.5, 0.6) is 80.5 Å². The van der Waals surface area contributed by atoms with E-state index in [2.05, 4.69) is 40.4 Å². The van der Waals surface area contributed by atoms with Crippen LogP contribution in [0.3, 0.4) is 0 Å². The summed E-state index contributed by atoms with van der Waals surface area (Å²) in [6.45, 7) is 16.1. The molecule has 0 unspecified atom stereocenters. The van der Waals surface area contributed by atoms with Gasteiger partial charge in [-0.05, 0) is 147 Å². The zero-order valence-corrected chi connectivity index (χ0v) is 98.2. The predicted molar refractivity (Wildman–Crippen MR) is 535 cm³/mol.